The third-order valence-corrected chi connectivity index (χ3v) is 5.76. The van der Waals surface area contributed by atoms with E-state index in [1.807, 2.05) is 4.90 Å². The van der Waals surface area contributed by atoms with Gasteiger partial charge in [-0.25, -0.2) is 17.6 Å². The number of hydrogen-bond donors (Lipinski definition) is 2. The third-order valence-electron chi connectivity index (χ3n) is 4.24. The highest BCUT2D eigenvalue weighted by atomic mass is 32.2. The molecule has 1 heterocycles. The van der Waals surface area contributed by atoms with Crippen molar-refractivity contribution >= 4 is 27.4 Å². The Hall–Kier alpha value is -2.65. The Labute approximate surface area is 156 Å². The maximum Gasteiger partial charge on any atom is 0.335 e. The van der Waals surface area contributed by atoms with E-state index in [2.05, 4.69) is 4.72 Å². The number of aromatic carboxylic acids is 1. The zero-order valence-electron chi connectivity index (χ0n) is 14.6. The van der Waals surface area contributed by atoms with Crippen molar-refractivity contribution < 1.29 is 27.4 Å². The summed E-state index contributed by atoms with van der Waals surface area (Å²) in [4.78, 5) is 12.9. The standard InChI is InChI=1S/C18H19FN2O5S/c1-12-2-3-13(18(22)23)8-17(12)27(24,25)20-15-9-14(19)10-16(11-15)21-4-6-26-7-5-21/h2-3,8-11,20H,4-7H2,1H3,(H,22,23). The van der Waals surface area contributed by atoms with Crippen LogP contribution in [0.3, 0.4) is 0 Å². The van der Waals surface area contributed by atoms with Crippen molar-refractivity contribution in [3.63, 3.8) is 0 Å². The van der Waals surface area contributed by atoms with Crippen molar-refractivity contribution in [1.82, 2.24) is 0 Å². The average molecular weight is 394 g/mol. The number of carboxylic acid groups (broad SMARTS) is 1. The van der Waals surface area contributed by atoms with Crippen molar-refractivity contribution in [3.8, 4) is 0 Å². The fourth-order valence-corrected chi connectivity index (χ4v) is 4.18. The molecule has 2 N–H and O–H groups in total. The molecular weight excluding hydrogens is 375 g/mol. The van der Waals surface area contributed by atoms with E-state index in [4.69, 9.17) is 9.84 Å². The van der Waals surface area contributed by atoms with Crippen molar-refractivity contribution in [2.45, 2.75) is 11.8 Å². The maximum atomic E-state index is 14.0. The zero-order chi connectivity index (χ0) is 19.6. The molecule has 3 rings (SSSR count). The second kappa shape index (κ2) is 7.53. The fraction of sp³-hybridized carbons (Fsp3) is 0.278. The highest BCUT2D eigenvalue weighted by Gasteiger charge is 2.21. The largest absolute Gasteiger partial charge is 0.478 e. The molecule has 1 saturated heterocycles. The summed E-state index contributed by atoms with van der Waals surface area (Å²) in [7, 11) is -4.09. The Morgan fingerprint density at radius 2 is 1.89 bits per heavy atom. The van der Waals surface area contributed by atoms with Crippen LogP contribution in [0.25, 0.3) is 0 Å². The lowest BCUT2D eigenvalue weighted by molar-refractivity contribution is 0.0696. The first-order chi connectivity index (χ1) is 12.8. The minimum Gasteiger partial charge on any atom is -0.478 e. The molecule has 1 aliphatic heterocycles. The van der Waals surface area contributed by atoms with Crippen LogP contribution in [0.15, 0.2) is 41.3 Å². The number of anilines is 2. The first-order valence-electron chi connectivity index (χ1n) is 8.26. The van der Waals surface area contributed by atoms with Gasteiger partial charge in [-0.05, 0) is 42.8 Å². The molecule has 2 aromatic rings. The van der Waals surface area contributed by atoms with Gasteiger partial charge >= 0.3 is 5.97 Å². The number of rotatable bonds is 5. The van der Waals surface area contributed by atoms with E-state index in [9.17, 15) is 17.6 Å². The fourth-order valence-electron chi connectivity index (χ4n) is 2.87. The molecule has 0 saturated carbocycles. The van der Waals surface area contributed by atoms with Crippen LogP contribution in [0, 0.1) is 12.7 Å². The molecule has 144 valence electrons. The van der Waals surface area contributed by atoms with Crippen molar-refractivity contribution in [1.29, 1.82) is 0 Å². The minimum atomic E-state index is -4.09. The van der Waals surface area contributed by atoms with Gasteiger partial charge in [-0.2, -0.15) is 0 Å². The lowest BCUT2D eigenvalue weighted by Crippen LogP contribution is -2.36. The van der Waals surface area contributed by atoms with Gasteiger partial charge < -0.3 is 14.7 Å². The Bertz CT molecular complexity index is 972. The molecule has 0 aromatic heterocycles. The van der Waals surface area contributed by atoms with Crippen LogP contribution in [0.5, 0.6) is 0 Å². The molecule has 0 aliphatic carbocycles. The topological polar surface area (TPSA) is 95.9 Å². The summed E-state index contributed by atoms with van der Waals surface area (Å²) in [6, 6.07) is 7.79. The Morgan fingerprint density at radius 1 is 1.19 bits per heavy atom. The number of carbonyl (C=O) groups is 1. The second-order valence-electron chi connectivity index (χ2n) is 6.19. The number of hydrogen-bond acceptors (Lipinski definition) is 5. The first kappa shape index (κ1) is 19.1. The maximum absolute atomic E-state index is 14.0. The summed E-state index contributed by atoms with van der Waals surface area (Å²) >= 11 is 0. The molecule has 0 bridgehead atoms. The monoisotopic (exact) mass is 394 g/mol. The van der Waals surface area contributed by atoms with Crippen LogP contribution < -0.4 is 9.62 Å². The van der Waals surface area contributed by atoms with Gasteiger partial charge in [-0.3, -0.25) is 4.72 Å². The van der Waals surface area contributed by atoms with E-state index in [1.54, 1.807) is 13.0 Å². The normalized spacial score (nSPS) is 14.8. The van der Waals surface area contributed by atoms with Crippen molar-refractivity contribution in [3.05, 3.63) is 53.3 Å². The van der Waals surface area contributed by atoms with Crippen LogP contribution in [-0.4, -0.2) is 45.8 Å². The van der Waals surface area contributed by atoms with Gasteiger partial charge in [0, 0.05) is 18.8 Å². The summed E-state index contributed by atoms with van der Waals surface area (Å²) in [6.07, 6.45) is 0. The van der Waals surface area contributed by atoms with E-state index in [0.717, 1.165) is 12.1 Å². The number of carboxylic acids is 1. The highest BCUT2D eigenvalue weighted by molar-refractivity contribution is 7.92. The molecule has 7 nitrogen and oxygen atoms in total. The number of sulfonamides is 1. The van der Waals surface area contributed by atoms with E-state index in [-0.39, 0.29) is 16.1 Å². The zero-order valence-corrected chi connectivity index (χ0v) is 15.4. The molecule has 0 amide bonds. The number of nitrogens with zero attached hydrogens (tertiary/aromatic N) is 1. The molecule has 1 aliphatic rings. The van der Waals surface area contributed by atoms with Gasteiger partial charge in [0.1, 0.15) is 5.82 Å². The summed E-state index contributed by atoms with van der Waals surface area (Å²) in [6.45, 7) is 3.74. The van der Waals surface area contributed by atoms with Gasteiger partial charge in [-0.15, -0.1) is 0 Å². The van der Waals surface area contributed by atoms with Gasteiger partial charge in [0.2, 0.25) is 0 Å². The van der Waals surface area contributed by atoms with E-state index >= 15 is 0 Å². The van der Waals surface area contributed by atoms with Crippen molar-refractivity contribution in [2.24, 2.45) is 0 Å². The molecule has 9 heteroatoms. The SMILES string of the molecule is Cc1ccc(C(=O)O)cc1S(=O)(=O)Nc1cc(F)cc(N2CCOCC2)c1. The lowest BCUT2D eigenvalue weighted by atomic mass is 10.1. The van der Waals surface area contributed by atoms with Crippen LogP contribution in [0.1, 0.15) is 15.9 Å². The van der Waals surface area contributed by atoms with Gasteiger partial charge in [0.15, 0.2) is 0 Å². The molecule has 1 fully saturated rings. The Balaban J connectivity index is 1.93. The van der Waals surface area contributed by atoms with Crippen molar-refractivity contribution in [2.75, 3.05) is 35.9 Å². The lowest BCUT2D eigenvalue weighted by Gasteiger charge is -2.29. The van der Waals surface area contributed by atoms with Crippen LogP contribution in [0.2, 0.25) is 0 Å². The summed E-state index contributed by atoms with van der Waals surface area (Å²) < 4.78 is 47.1. The molecule has 27 heavy (non-hydrogen) atoms. The molecule has 0 radical (unpaired) electrons. The molecule has 2 aromatic carbocycles. The number of nitrogens with one attached hydrogen (secondary N) is 1. The van der Waals surface area contributed by atoms with Gasteiger partial charge in [0.25, 0.3) is 10.0 Å². The number of ether oxygens (including phenoxy) is 1. The second-order valence-corrected chi connectivity index (χ2v) is 7.84. The van der Waals surface area contributed by atoms with E-state index in [1.165, 1.54) is 18.2 Å². The molecule has 0 atom stereocenters. The van der Waals surface area contributed by atoms with Gasteiger partial charge in [0.05, 0.1) is 29.4 Å². The quantitative estimate of drug-likeness (QED) is 0.809. The highest BCUT2D eigenvalue weighted by Crippen LogP contribution is 2.26. The molecular formula is C18H19FN2O5S. The molecule has 0 unspecified atom stereocenters. The average Bonchev–Trinajstić information content (AvgIpc) is 2.61. The number of benzene rings is 2. The van der Waals surface area contributed by atoms with Crippen LogP contribution >= 0.6 is 0 Å². The molecule has 0 spiro atoms. The summed E-state index contributed by atoms with van der Waals surface area (Å²) in [5.41, 5.74) is 0.857. The number of halogens is 1. The van der Waals surface area contributed by atoms with E-state index < -0.39 is 21.8 Å². The Morgan fingerprint density at radius 3 is 2.56 bits per heavy atom. The predicted octanol–water partition coefficient (Wildman–Crippen LogP) is 2.47. The minimum absolute atomic E-state index is 0.0663. The Kier molecular flexibility index (Phi) is 5.33. The third kappa shape index (κ3) is 4.37. The first-order valence-corrected chi connectivity index (χ1v) is 9.74. The van der Waals surface area contributed by atoms with E-state index in [0.29, 0.717) is 37.6 Å². The predicted molar refractivity (Wildman–Crippen MR) is 98.4 cm³/mol. The van der Waals surface area contributed by atoms with Gasteiger partial charge in [-0.1, -0.05) is 6.07 Å². The summed E-state index contributed by atoms with van der Waals surface area (Å²) in [5, 5.41) is 9.09. The van der Waals surface area contributed by atoms with Crippen LogP contribution in [-0.2, 0) is 14.8 Å². The number of aryl methyl sites for hydroxylation is 1. The smallest absolute Gasteiger partial charge is 0.335 e. The number of morpholine rings is 1. The summed E-state index contributed by atoms with van der Waals surface area (Å²) in [5.74, 6) is -1.81. The van der Waals surface area contributed by atoms with Crippen LogP contribution in [0.4, 0.5) is 15.8 Å².